The normalized spacial score (nSPS) is 12.9. The van der Waals surface area contributed by atoms with Gasteiger partial charge in [-0.1, -0.05) is 12.1 Å². The first-order valence-corrected chi connectivity index (χ1v) is 6.21. The van der Waals surface area contributed by atoms with E-state index < -0.39 is 24.7 Å². The minimum atomic E-state index is -4.62. The molecule has 0 aliphatic carbocycles. The Morgan fingerprint density at radius 1 is 1.45 bits per heavy atom. The highest BCUT2D eigenvalue weighted by atomic mass is 32.1. The van der Waals surface area contributed by atoms with Crippen molar-refractivity contribution in [2.24, 2.45) is 0 Å². The van der Waals surface area contributed by atoms with E-state index in [1.165, 1.54) is 0 Å². The first-order valence-electron chi connectivity index (χ1n) is 5.39. The summed E-state index contributed by atoms with van der Waals surface area (Å²) in [5.74, 6) is -2.70. The molecule has 1 heterocycles. The Kier molecular flexibility index (Phi) is 3.90. The van der Waals surface area contributed by atoms with Gasteiger partial charge in [0.2, 0.25) is 0 Å². The number of fused-ring (bicyclic) bond motifs is 1. The number of esters is 1. The number of para-hydroxylation sites is 1. The van der Waals surface area contributed by atoms with Gasteiger partial charge < -0.3 is 4.74 Å². The van der Waals surface area contributed by atoms with Gasteiger partial charge in [-0.25, -0.2) is 4.98 Å². The molecule has 104 valence electrons. The summed E-state index contributed by atoms with van der Waals surface area (Å²) >= 11 is 1.08. The molecule has 2 rings (SSSR count). The molecular weight excluding hydrogens is 293 g/mol. The van der Waals surface area contributed by atoms with Crippen LogP contribution in [0.2, 0.25) is 0 Å². The molecule has 0 aliphatic rings. The van der Waals surface area contributed by atoms with E-state index in [1.807, 2.05) is 0 Å². The lowest BCUT2D eigenvalue weighted by Crippen LogP contribution is -2.23. The quantitative estimate of drug-likeness (QED) is 0.817. The van der Waals surface area contributed by atoms with Crippen LogP contribution in [-0.4, -0.2) is 23.7 Å². The molecule has 0 fully saturated rings. The van der Waals surface area contributed by atoms with Gasteiger partial charge in [-0.3, -0.25) is 4.79 Å². The van der Waals surface area contributed by atoms with Gasteiger partial charge in [0.15, 0.2) is 12.5 Å². The summed E-state index contributed by atoms with van der Waals surface area (Å²) in [6, 6.07) is 8.54. The van der Waals surface area contributed by atoms with Gasteiger partial charge in [0.25, 0.3) is 0 Å². The summed E-state index contributed by atoms with van der Waals surface area (Å²) < 4.78 is 40.8. The van der Waals surface area contributed by atoms with Crippen molar-refractivity contribution in [3.63, 3.8) is 0 Å². The van der Waals surface area contributed by atoms with Gasteiger partial charge in [0, 0.05) is 0 Å². The highest BCUT2D eigenvalue weighted by molar-refractivity contribution is 7.18. The molecule has 0 radical (unpaired) electrons. The van der Waals surface area contributed by atoms with Crippen molar-refractivity contribution in [1.29, 1.82) is 5.26 Å². The van der Waals surface area contributed by atoms with Crippen LogP contribution >= 0.6 is 11.3 Å². The van der Waals surface area contributed by atoms with Gasteiger partial charge in [-0.05, 0) is 12.1 Å². The lowest BCUT2D eigenvalue weighted by atomic mass is 10.2. The SMILES string of the molecule is N#C[C@@H](C(=O)OCC(F)(F)F)c1nc2ccccc2s1. The van der Waals surface area contributed by atoms with Crippen LogP contribution in [0.3, 0.4) is 0 Å². The topological polar surface area (TPSA) is 63.0 Å². The third kappa shape index (κ3) is 3.24. The minimum Gasteiger partial charge on any atom is -0.455 e. The van der Waals surface area contributed by atoms with Crippen molar-refractivity contribution in [2.45, 2.75) is 12.1 Å². The number of nitriles is 1. The summed E-state index contributed by atoms with van der Waals surface area (Å²) in [5, 5.41) is 9.06. The molecule has 0 aliphatic heterocycles. The summed E-state index contributed by atoms with van der Waals surface area (Å²) in [6.45, 7) is -1.71. The Morgan fingerprint density at radius 2 is 2.15 bits per heavy atom. The maximum absolute atomic E-state index is 12.0. The van der Waals surface area contributed by atoms with E-state index >= 15 is 0 Å². The van der Waals surface area contributed by atoms with Crippen molar-refractivity contribution < 1.29 is 22.7 Å². The second-order valence-electron chi connectivity index (χ2n) is 3.80. The largest absolute Gasteiger partial charge is 0.455 e. The number of thiazole rings is 1. The van der Waals surface area contributed by atoms with Crippen molar-refractivity contribution in [1.82, 2.24) is 4.98 Å². The van der Waals surface area contributed by atoms with Crippen LogP contribution in [0.15, 0.2) is 24.3 Å². The number of halogens is 3. The summed E-state index contributed by atoms with van der Waals surface area (Å²) in [5.41, 5.74) is 0.580. The molecular formula is C12H7F3N2O2S. The molecule has 0 N–H and O–H groups in total. The number of carbonyl (C=O) groups is 1. The van der Waals surface area contributed by atoms with E-state index in [4.69, 9.17) is 5.26 Å². The number of carbonyl (C=O) groups excluding carboxylic acids is 1. The average molecular weight is 300 g/mol. The molecule has 4 nitrogen and oxygen atoms in total. The zero-order chi connectivity index (χ0) is 14.8. The monoisotopic (exact) mass is 300 g/mol. The Morgan fingerprint density at radius 3 is 2.75 bits per heavy atom. The number of hydrogen-bond acceptors (Lipinski definition) is 5. The van der Waals surface area contributed by atoms with Crippen LogP contribution in [0.1, 0.15) is 10.9 Å². The van der Waals surface area contributed by atoms with E-state index in [-0.39, 0.29) is 5.01 Å². The molecule has 8 heteroatoms. The van der Waals surface area contributed by atoms with E-state index in [9.17, 15) is 18.0 Å². The number of rotatable bonds is 3. The lowest BCUT2D eigenvalue weighted by Gasteiger charge is -2.09. The molecule has 20 heavy (non-hydrogen) atoms. The molecule has 1 aromatic carbocycles. The molecule has 2 aromatic rings. The summed E-state index contributed by atoms with van der Waals surface area (Å²) in [6.07, 6.45) is -4.62. The van der Waals surface area contributed by atoms with Crippen LogP contribution in [0, 0.1) is 11.3 Å². The molecule has 0 saturated heterocycles. The molecule has 0 saturated carbocycles. The minimum absolute atomic E-state index is 0.126. The van der Waals surface area contributed by atoms with Gasteiger partial charge in [-0.15, -0.1) is 11.3 Å². The van der Waals surface area contributed by atoms with Crippen LogP contribution in [-0.2, 0) is 9.53 Å². The number of nitrogens with zero attached hydrogens (tertiary/aromatic N) is 2. The van der Waals surface area contributed by atoms with Crippen LogP contribution in [0.25, 0.3) is 10.2 Å². The zero-order valence-corrected chi connectivity index (χ0v) is 10.7. The van der Waals surface area contributed by atoms with Crippen LogP contribution in [0.4, 0.5) is 13.2 Å². The molecule has 0 unspecified atom stereocenters. The van der Waals surface area contributed by atoms with Crippen molar-refractivity contribution in [2.75, 3.05) is 6.61 Å². The molecule has 1 atom stereocenters. The van der Waals surface area contributed by atoms with Crippen LogP contribution < -0.4 is 0 Å². The molecule has 1 aromatic heterocycles. The molecule has 0 amide bonds. The Hall–Kier alpha value is -2.14. The van der Waals surface area contributed by atoms with E-state index in [1.54, 1.807) is 30.3 Å². The van der Waals surface area contributed by atoms with Crippen molar-refractivity contribution in [3.8, 4) is 6.07 Å². The second kappa shape index (κ2) is 5.46. The van der Waals surface area contributed by atoms with Gasteiger partial charge >= 0.3 is 12.1 Å². The number of alkyl halides is 3. The number of ether oxygens (including phenoxy) is 1. The Labute approximate surface area is 115 Å². The molecule has 0 bridgehead atoms. The Balaban J connectivity index is 2.19. The maximum atomic E-state index is 12.0. The highest BCUT2D eigenvalue weighted by Gasteiger charge is 2.33. The number of benzene rings is 1. The summed E-state index contributed by atoms with van der Waals surface area (Å²) in [7, 11) is 0. The van der Waals surface area contributed by atoms with E-state index in [0.717, 1.165) is 16.0 Å². The second-order valence-corrected chi connectivity index (χ2v) is 4.87. The first kappa shape index (κ1) is 14.3. The number of hydrogen-bond donors (Lipinski definition) is 0. The summed E-state index contributed by atoms with van der Waals surface area (Å²) in [4.78, 5) is 15.6. The van der Waals surface area contributed by atoms with Gasteiger partial charge in [0.1, 0.15) is 5.01 Å². The van der Waals surface area contributed by atoms with Gasteiger partial charge in [0.05, 0.1) is 16.3 Å². The van der Waals surface area contributed by atoms with Gasteiger partial charge in [-0.2, -0.15) is 18.4 Å². The smallest absolute Gasteiger partial charge is 0.422 e. The first-order chi connectivity index (χ1) is 9.40. The average Bonchev–Trinajstić information content (AvgIpc) is 2.79. The fraction of sp³-hybridized carbons (Fsp3) is 0.250. The van der Waals surface area contributed by atoms with Crippen molar-refractivity contribution >= 4 is 27.5 Å². The standard InChI is InChI=1S/C12H7F3N2O2S/c13-12(14,15)6-19-11(18)7(5-16)10-17-8-3-1-2-4-9(8)20-10/h1-4,7H,6H2/t7-/m1/s1. The fourth-order valence-electron chi connectivity index (χ4n) is 1.46. The van der Waals surface area contributed by atoms with E-state index in [2.05, 4.69) is 9.72 Å². The third-order valence-electron chi connectivity index (χ3n) is 2.30. The molecule has 0 spiro atoms. The Bertz CT molecular complexity index is 642. The maximum Gasteiger partial charge on any atom is 0.422 e. The predicted octanol–water partition coefficient (Wildman–Crippen LogP) is 3.01. The lowest BCUT2D eigenvalue weighted by molar-refractivity contribution is -0.186. The highest BCUT2D eigenvalue weighted by Crippen LogP contribution is 2.28. The predicted molar refractivity (Wildman–Crippen MR) is 65.0 cm³/mol. The van der Waals surface area contributed by atoms with Crippen LogP contribution in [0.5, 0.6) is 0 Å². The zero-order valence-electron chi connectivity index (χ0n) is 9.85. The van der Waals surface area contributed by atoms with E-state index in [0.29, 0.717) is 5.52 Å². The van der Waals surface area contributed by atoms with Crippen molar-refractivity contribution in [3.05, 3.63) is 29.3 Å². The fourth-order valence-corrected chi connectivity index (χ4v) is 2.46. The number of aromatic nitrogens is 1. The third-order valence-corrected chi connectivity index (χ3v) is 3.40.